The van der Waals surface area contributed by atoms with Gasteiger partial charge in [0.25, 0.3) is 0 Å². The molecule has 2 aromatic rings. The molecule has 0 saturated heterocycles. The Balaban J connectivity index is 2.13. The zero-order valence-electron chi connectivity index (χ0n) is 13.3. The number of carbonyl (C=O) groups excluding carboxylic acids is 1. The van der Waals surface area contributed by atoms with Gasteiger partial charge in [-0.1, -0.05) is 53.5 Å². The first kappa shape index (κ1) is 19.1. The van der Waals surface area contributed by atoms with E-state index in [1.165, 1.54) is 12.1 Å². The summed E-state index contributed by atoms with van der Waals surface area (Å²) in [5.41, 5.74) is 1.49. The number of hydrogen-bond donors (Lipinski definition) is 3. The SMILES string of the molecule is N#Cc1cc(Cl)c(NC(=O)NC(CCCO)c2ccccc2)c(Cl)c1. The van der Waals surface area contributed by atoms with Gasteiger partial charge in [0.15, 0.2) is 0 Å². The van der Waals surface area contributed by atoms with Crippen molar-refractivity contribution in [3.63, 3.8) is 0 Å². The average Bonchev–Trinajstić information content (AvgIpc) is 2.62. The third-order valence-electron chi connectivity index (χ3n) is 3.57. The Labute approximate surface area is 156 Å². The summed E-state index contributed by atoms with van der Waals surface area (Å²) in [6, 6.07) is 13.6. The maximum atomic E-state index is 12.4. The summed E-state index contributed by atoms with van der Waals surface area (Å²) in [6.07, 6.45) is 1.14. The van der Waals surface area contributed by atoms with Crippen LogP contribution in [0.5, 0.6) is 0 Å². The lowest BCUT2D eigenvalue weighted by molar-refractivity contribution is 0.244. The van der Waals surface area contributed by atoms with E-state index in [2.05, 4.69) is 10.6 Å². The molecule has 2 rings (SSSR count). The summed E-state index contributed by atoms with van der Waals surface area (Å²) in [6.45, 7) is 0.0416. The van der Waals surface area contributed by atoms with Gasteiger partial charge in [-0.15, -0.1) is 0 Å². The van der Waals surface area contributed by atoms with Crippen molar-refractivity contribution in [1.82, 2.24) is 5.32 Å². The van der Waals surface area contributed by atoms with Crippen LogP contribution in [0.25, 0.3) is 0 Å². The van der Waals surface area contributed by atoms with Crippen molar-refractivity contribution in [2.75, 3.05) is 11.9 Å². The second-order valence-corrected chi connectivity index (χ2v) is 6.17. The Bertz CT molecular complexity index is 753. The number of rotatable bonds is 6. The first-order valence-corrected chi connectivity index (χ1v) is 8.43. The Morgan fingerprint density at radius 1 is 1.20 bits per heavy atom. The molecule has 0 aliphatic rings. The molecule has 0 heterocycles. The summed E-state index contributed by atoms with van der Waals surface area (Å²) in [5.74, 6) is 0. The first-order valence-electron chi connectivity index (χ1n) is 7.67. The van der Waals surface area contributed by atoms with Crippen LogP contribution in [0, 0.1) is 11.3 Å². The highest BCUT2D eigenvalue weighted by Gasteiger charge is 2.16. The lowest BCUT2D eigenvalue weighted by Gasteiger charge is -2.20. The molecule has 7 heteroatoms. The average molecular weight is 378 g/mol. The monoisotopic (exact) mass is 377 g/mol. The quantitative estimate of drug-likeness (QED) is 0.692. The smallest absolute Gasteiger partial charge is 0.319 e. The molecule has 130 valence electrons. The highest BCUT2D eigenvalue weighted by atomic mass is 35.5. The molecule has 0 aliphatic heterocycles. The van der Waals surface area contributed by atoms with Crippen molar-refractivity contribution in [2.24, 2.45) is 0 Å². The maximum absolute atomic E-state index is 12.4. The Hall–Kier alpha value is -2.26. The van der Waals surface area contributed by atoms with Crippen molar-refractivity contribution < 1.29 is 9.90 Å². The number of hydrogen-bond acceptors (Lipinski definition) is 3. The minimum Gasteiger partial charge on any atom is -0.396 e. The van der Waals surface area contributed by atoms with E-state index in [9.17, 15) is 4.79 Å². The highest BCUT2D eigenvalue weighted by Crippen LogP contribution is 2.31. The molecule has 1 unspecified atom stereocenters. The normalized spacial score (nSPS) is 11.4. The van der Waals surface area contributed by atoms with Gasteiger partial charge >= 0.3 is 6.03 Å². The van der Waals surface area contributed by atoms with E-state index in [4.69, 9.17) is 33.6 Å². The summed E-state index contributed by atoms with van der Waals surface area (Å²) < 4.78 is 0. The first-order chi connectivity index (χ1) is 12.0. The van der Waals surface area contributed by atoms with E-state index in [1.807, 2.05) is 36.4 Å². The van der Waals surface area contributed by atoms with Crippen LogP contribution in [-0.2, 0) is 0 Å². The summed E-state index contributed by atoms with van der Waals surface area (Å²) in [7, 11) is 0. The fraction of sp³-hybridized carbons (Fsp3) is 0.222. The van der Waals surface area contributed by atoms with Crippen molar-refractivity contribution in [3.05, 3.63) is 63.6 Å². The Kier molecular flexibility index (Phi) is 7.08. The fourth-order valence-electron chi connectivity index (χ4n) is 2.37. The van der Waals surface area contributed by atoms with Crippen LogP contribution in [0.3, 0.4) is 0 Å². The van der Waals surface area contributed by atoms with Crippen LogP contribution in [0.2, 0.25) is 10.0 Å². The van der Waals surface area contributed by atoms with Gasteiger partial charge in [0, 0.05) is 6.61 Å². The zero-order chi connectivity index (χ0) is 18.2. The van der Waals surface area contributed by atoms with Crippen LogP contribution in [0.4, 0.5) is 10.5 Å². The molecular formula is C18H17Cl2N3O2. The summed E-state index contributed by atoms with van der Waals surface area (Å²) >= 11 is 12.2. The van der Waals surface area contributed by atoms with E-state index in [1.54, 1.807) is 0 Å². The van der Waals surface area contributed by atoms with Crippen molar-refractivity contribution in [2.45, 2.75) is 18.9 Å². The van der Waals surface area contributed by atoms with Gasteiger partial charge in [-0.05, 0) is 30.5 Å². The summed E-state index contributed by atoms with van der Waals surface area (Å²) in [4.78, 5) is 12.4. The van der Waals surface area contributed by atoms with E-state index in [0.29, 0.717) is 18.4 Å². The van der Waals surface area contributed by atoms with Crippen LogP contribution in [0.15, 0.2) is 42.5 Å². The van der Waals surface area contributed by atoms with Gasteiger partial charge in [0.05, 0.1) is 33.4 Å². The molecule has 1 atom stereocenters. The Morgan fingerprint density at radius 3 is 2.40 bits per heavy atom. The maximum Gasteiger partial charge on any atom is 0.319 e. The van der Waals surface area contributed by atoms with Crippen LogP contribution >= 0.6 is 23.2 Å². The molecule has 25 heavy (non-hydrogen) atoms. The molecule has 0 fully saturated rings. The van der Waals surface area contributed by atoms with Gasteiger partial charge in [0.2, 0.25) is 0 Å². The minimum atomic E-state index is -0.472. The molecule has 0 spiro atoms. The number of aliphatic hydroxyl groups is 1. The number of nitriles is 1. The molecular weight excluding hydrogens is 361 g/mol. The fourth-order valence-corrected chi connectivity index (χ4v) is 2.95. The molecule has 0 bridgehead atoms. The third-order valence-corrected chi connectivity index (χ3v) is 4.16. The number of nitrogens with zero attached hydrogens (tertiary/aromatic N) is 1. The molecule has 3 N–H and O–H groups in total. The predicted molar refractivity (Wildman–Crippen MR) is 98.8 cm³/mol. The lowest BCUT2D eigenvalue weighted by Crippen LogP contribution is -2.33. The number of halogens is 2. The minimum absolute atomic E-state index is 0.0416. The third kappa shape index (κ3) is 5.36. The standard InChI is InChI=1S/C18H17Cl2N3O2/c19-14-9-12(11-21)10-15(20)17(14)23-18(25)22-16(7-4-8-24)13-5-2-1-3-6-13/h1-3,5-6,9-10,16,24H,4,7-8H2,(H2,22,23,25). The van der Waals surface area contributed by atoms with Gasteiger partial charge in [-0.3, -0.25) is 0 Å². The van der Waals surface area contributed by atoms with E-state index >= 15 is 0 Å². The molecule has 0 radical (unpaired) electrons. The largest absolute Gasteiger partial charge is 0.396 e. The van der Waals surface area contributed by atoms with Gasteiger partial charge in [-0.2, -0.15) is 5.26 Å². The molecule has 0 aromatic heterocycles. The predicted octanol–water partition coefficient (Wildman–Crippen LogP) is 4.50. The molecule has 0 saturated carbocycles. The number of aliphatic hydroxyl groups excluding tert-OH is 1. The van der Waals surface area contributed by atoms with Gasteiger partial charge < -0.3 is 15.7 Å². The van der Waals surface area contributed by atoms with Crippen molar-refractivity contribution in [1.29, 1.82) is 5.26 Å². The van der Waals surface area contributed by atoms with Crippen molar-refractivity contribution in [3.8, 4) is 6.07 Å². The zero-order valence-corrected chi connectivity index (χ0v) is 14.8. The molecule has 2 aromatic carbocycles. The number of carbonyl (C=O) groups is 1. The molecule has 2 amide bonds. The highest BCUT2D eigenvalue weighted by molar-refractivity contribution is 6.39. The number of amides is 2. The van der Waals surface area contributed by atoms with Gasteiger partial charge in [-0.25, -0.2) is 4.79 Å². The molecule has 5 nitrogen and oxygen atoms in total. The van der Waals surface area contributed by atoms with E-state index < -0.39 is 6.03 Å². The number of urea groups is 1. The lowest BCUT2D eigenvalue weighted by atomic mass is 10.0. The van der Waals surface area contributed by atoms with Gasteiger partial charge in [0.1, 0.15) is 0 Å². The van der Waals surface area contributed by atoms with Crippen LogP contribution in [0.1, 0.15) is 30.0 Å². The second-order valence-electron chi connectivity index (χ2n) is 5.35. The second kappa shape index (κ2) is 9.28. The van der Waals surface area contributed by atoms with Crippen LogP contribution in [-0.4, -0.2) is 17.7 Å². The Morgan fingerprint density at radius 2 is 1.84 bits per heavy atom. The molecule has 0 aliphatic carbocycles. The van der Waals surface area contributed by atoms with Crippen LogP contribution < -0.4 is 10.6 Å². The van der Waals surface area contributed by atoms with E-state index in [0.717, 1.165) is 5.56 Å². The van der Waals surface area contributed by atoms with Crippen molar-refractivity contribution >= 4 is 34.9 Å². The van der Waals surface area contributed by atoms with E-state index in [-0.39, 0.29) is 28.4 Å². The number of benzene rings is 2. The topological polar surface area (TPSA) is 85.2 Å². The number of anilines is 1. The number of nitrogens with one attached hydrogen (secondary N) is 2. The summed E-state index contributed by atoms with van der Waals surface area (Å²) in [5, 5.41) is 23.8.